The smallest absolute Gasteiger partial charge is 0.338 e. The van der Waals surface area contributed by atoms with Crippen LogP contribution in [0.25, 0.3) is 11.1 Å². The van der Waals surface area contributed by atoms with Crippen molar-refractivity contribution in [3.63, 3.8) is 0 Å². The largest absolute Gasteiger partial charge is 0.478 e. The molecular weight excluding hydrogens is 243 g/mol. The second-order valence-corrected chi connectivity index (χ2v) is 3.89. The average Bonchev–Trinajstić information content (AvgIpc) is 2.29. The Morgan fingerprint density at radius 3 is 2.47 bits per heavy atom. The summed E-state index contributed by atoms with van der Waals surface area (Å²) < 4.78 is 13.5. The molecule has 0 heterocycles. The van der Waals surface area contributed by atoms with Gasteiger partial charge in [-0.2, -0.15) is 0 Å². The lowest BCUT2D eigenvalue weighted by Gasteiger charge is -2.05. The van der Waals surface area contributed by atoms with Crippen molar-refractivity contribution in [2.75, 3.05) is 0 Å². The monoisotopic (exact) mass is 250 g/mol. The number of carbonyl (C=O) groups is 1. The Hall–Kier alpha value is -1.87. The molecule has 0 unspecified atom stereocenters. The van der Waals surface area contributed by atoms with E-state index in [4.69, 9.17) is 16.7 Å². The van der Waals surface area contributed by atoms with Crippen LogP contribution in [0.15, 0.2) is 42.5 Å². The Morgan fingerprint density at radius 1 is 1.18 bits per heavy atom. The first-order chi connectivity index (χ1) is 8.09. The van der Waals surface area contributed by atoms with Crippen LogP contribution in [0.2, 0.25) is 5.02 Å². The van der Waals surface area contributed by atoms with Gasteiger partial charge in [0.2, 0.25) is 0 Å². The maximum atomic E-state index is 13.5. The topological polar surface area (TPSA) is 37.3 Å². The van der Waals surface area contributed by atoms with Gasteiger partial charge < -0.3 is 5.11 Å². The molecule has 2 rings (SSSR count). The molecule has 0 atom stereocenters. The molecule has 0 aliphatic carbocycles. The Labute approximate surface area is 102 Å². The lowest BCUT2D eigenvalue weighted by molar-refractivity contribution is 0.0692. The van der Waals surface area contributed by atoms with Crippen LogP contribution in [0.5, 0.6) is 0 Å². The third-order valence-electron chi connectivity index (χ3n) is 2.38. The van der Waals surface area contributed by atoms with Crippen LogP contribution < -0.4 is 0 Å². The number of carboxylic acids is 1. The number of aromatic carboxylic acids is 1. The van der Waals surface area contributed by atoms with Crippen molar-refractivity contribution >= 4 is 17.6 Å². The molecule has 0 aromatic heterocycles. The number of hydrogen-bond donors (Lipinski definition) is 1. The van der Waals surface area contributed by atoms with Crippen molar-refractivity contribution in [1.82, 2.24) is 0 Å². The van der Waals surface area contributed by atoms with Gasteiger partial charge in [0, 0.05) is 10.6 Å². The van der Waals surface area contributed by atoms with E-state index < -0.39 is 11.8 Å². The molecule has 0 aliphatic rings. The number of benzene rings is 2. The van der Waals surface area contributed by atoms with Gasteiger partial charge in [-0.1, -0.05) is 35.9 Å². The van der Waals surface area contributed by atoms with Crippen LogP contribution in [-0.4, -0.2) is 11.1 Å². The third-order valence-corrected chi connectivity index (χ3v) is 2.71. The van der Waals surface area contributed by atoms with Gasteiger partial charge in [-0.25, -0.2) is 9.18 Å². The van der Waals surface area contributed by atoms with Gasteiger partial charge in [0.05, 0.1) is 5.56 Å². The summed E-state index contributed by atoms with van der Waals surface area (Å²) >= 11 is 5.97. The molecule has 0 amide bonds. The van der Waals surface area contributed by atoms with E-state index in [9.17, 15) is 9.18 Å². The van der Waals surface area contributed by atoms with Crippen molar-refractivity contribution in [3.05, 3.63) is 58.9 Å². The quantitative estimate of drug-likeness (QED) is 0.879. The van der Waals surface area contributed by atoms with Gasteiger partial charge in [-0.15, -0.1) is 0 Å². The van der Waals surface area contributed by atoms with E-state index in [0.717, 1.165) is 0 Å². The normalized spacial score (nSPS) is 10.2. The highest BCUT2D eigenvalue weighted by Gasteiger charge is 2.11. The van der Waals surface area contributed by atoms with Crippen LogP contribution in [0.1, 0.15) is 10.4 Å². The van der Waals surface area contributed by atoms with Crippen LogP contribution >= 0.6 is 11.6 Å². The number of rotatable bonds is 2. The summed E-state index contributed by atoms with van der Waals surface area (Å²) in [4.78, 5) is 10.7. The standard InChI is InChI=1S/C13H8ClFO2/c14-11-4-2-1-3-9(11)8-5-6-10(13(16)17)12(15)7-8/h1-7H,(H,16,17). The van der Waals surface area contributed by atoms with E-state index in [-0.39, 0.29) is 5.56 Å². The minimum Gasteiger partial charge on any atom is -0.478 e. The lowest BCUT2D eigenvalue weighted by atomic mass is 10.0. The zero-order valence-corrected chi connectivity index (χ0v) is 9.41. The molecular formula is C13H8ClFO2. The Bertz CT molecular complexity index is 581. The molecule has 2 aromatic rings. The predicted molar refractivity (Wildman–Crippen MR) is 63.8 cm³/mol. The molecule has 4 heteroatoms. The van der Waals surface area contributed by atoms with Crippen LogP contribution in [0.3, 0.4) is 0 Å². The Balaban J connectivity index is 2.52. The molecule has 0 saturated carbocycles. The number of carboxylic acid groups (broad SMARTS) is 1. The molecule has 2 nitrogen and oxygen atoms in total. The van der Waals surface area contributed by atoms with Gasteiger partial charge >= 0.3 is 5.97 Å². The lowest BCUT2D eigenvalue weighted by Crippen LogP contribution is -2.00. The van der Waals surface area contributed by atoms with Gasteiger partial charge in [0.15, 0.2) is 0 Å². The Morgan fingerprint density at radius 2 is 1.88 bits per heavy atom. The number of halogens is 2. The minimum absolute atomic E-state index is 0.346. The van der Waals surface area contributed by atoms with Crippen molar-refractivity contribution < 1.29 is 14.3 Å². The summed E-state index contributed by atoms with van der Waals surface area (Å²) in [6.07, 6.45) is 0. The maximum absolute atomic E-state index is 13.5. The summed E-state index contributed by atoms with van der Waals surface area (Å²) in [5.41, 5.74) is 0.879. The molecule has 0 bridgehead atoms. The fourth-order valence-electron chi connectivity index (χ4n) is 1.55. The van der Waals surface area contributed by atoms with E-state index in [2.05, 4.69) is 0 Å². The van der Waals surface area contributed by atoms with Gasteiger partial charge in [-0.05, 0) is 23.8 Å². The highest BCUT2D eigenvalue weighted by atomic mass is 35.5. The van der Waals surface area contributed by atoms with Crippen molar-refractivity contribution in [3.8, 4) is 11.1 Å². The van der Waals surface area contributed by atoms with Gasteiger partial charge in [0.25, 0.3) is 0 Å². The fraction of sp³-hybridized carbons (Fsp3) is 0. The minimum atomic E-state index is -1.28. The summed E-state index contributed by atoms with van der Waals surface area (Å²) in [6.45, 7) is 0. The van der Waals surface area contributed by atoms with Crippen LogP contribution in [0.4, 0.5) is 4.39 Å². The molecule has 0 aliphatic heterocycles. The van der Waals surface area contributed by atoms with E-state index in [0.29, 0.717) is 16.1 Å². The molecule has 86 valence electrons. The van der Waals surface area contributed by atoms with E-state index in [1.165, 1.54) is 18.2 Å². The van der Waals surface area contributed by atoms with E-state index in [1.54, 1.807) is 24.3 Å². The molecule has 2 aromatic carbocycles. The zero-order chi connectivity index (χ0) is 12.4. The highest BCUT2D eigenvalue weighted by Crippen LogP contribution is 2.28. The second kappa shape index (κ2) is 4.55. The molecule has 0 spiro atoms. The first-order valence-corrected chi connectivity index (χ1v) is 5.25. The van der Waals surface area contributed by atoms with E-state index in [1.807, 2.05) is 0 Å². The fourth-order valence-corrected chi connectivity index (χ4v) is 1.80. The van der Waals surface area contributed by atoms with Crippen LogP contribution in [-0.2, 0) is 0 Å². The SMILES string of the molecule is O=C(O)c1ccc(-c2ccccc2Cl)cc1F. The molecule has 17 heavy (non-hydrogen) atoms. The maximum Gasteiger partial charge on any atom is 0.338 e. The average molecular weight is 251 g/mol. The van der Waals surface area contributed by atoms with Gasteiger partial charge in [0.1, 0.15) is 5.82 Å². The second-order valence-electron chi connectivity index (χ2n) is 3.48. The van der Waals surface area contributed by atoms with Crippen LogP contribution in [0, 0.1) is 5.82 Å². The summed E-state index contributed by atoms with van der Waals surface area (Å²) in [5.74, 6) is -2.05. The first-order valence-electron chi connectivity index (χ1n) is 4.87. The third kappa shape index (κ3) is 2.29. The Kier molecular flexibility index (Phi) is 3.11. The molecule has 0 fully saturated rings. The number of hydrogen-bond acceptors (Lipinski definition) is 1. The van der Waals surface area contributed by atoms with Gasteiger partial charge in [-0.3, -0.25) is 0 Å². The summed E-state index contributed by atoms with van der Waals surface area (Å²) in [5, 5.41) is 9.21. The zero-order valence-electron chi connectivity index (χ0n) is 8.65. The first kappa shape index (κ1) is 11.6. The summed E-state index contributed by atoms with van der Waals surface area (Å²) in [7, 11) is 0. The predicted octanol–water partition coefficient (Wildman–Crippen LogP) is 3.84. The van der Waals surface area contributed by atoms with Crippen molar-refractivity contribution in [1.29, 1.82) is 0 Å². The molecule has 0 radical (unpaired) electrons. The van der Waals surface area contributed by atoms with E-state index >= 15 is 0 Å². The molecule has 0 saturated heterocycles. The highest BCUT2D eigenvalue weighted by molar-refractivity contribution is 6.33. The summed E-state index contributed by atoms with van der Waals surface area (Å²) in [6, 6.07) is 10.9. The van der Waals surface area contributed by atoms with Crippen molar-refractivity contribution in [2.45, 2.75) is 0 Å². The van der Waals surface area contributed by atoms with Crippen molar-refractivity contribution in [2.24, 2.45) is 0 Å². The molecule has 1 N–H and O–H groups in total.